The number of carbonyl (C=O) groups is 1. The number of aromatic nitrogens is 2. The number of nitrogens with zero attached hydrogens (tertiary/aromatic N) is 2. The van der Waals surface area contributed by atoms with Gasteiger partial charge in [0.2, 0.25) is 5.91 Å². The molecule has 29 heavy (non-hydrogen) atoms. The number of rotatable bonds is 8. The van der Waals surface area contributed by atoms with Gasteiger partial charge in [0.1, 0.15) is 4.83 Å². The van der Waals surface area contributed by atoms with Crippen LogP contribution in [-0.2, 0) is 30.6 Å². The Balaban J connectivity index is 1.26. The molecule has 5 nitrogen and oxygen atoms in total. The van der Waals surface area contributed by atoms with E-state index in [0.29, 0.717) is 19.5 Å². The lowest BCUT2D eigenvalue weighted by atomic mass is 9.97. The highest BCUT2D eigenvalue weighted by Gasteiger charge is 2.20. The van der Waals surface area contributed by atoms with Gasteiger partial charge < -0.3 is 5.32 Å². The van der Waals surface area contributed by atoms with Crippen molar-refractivity contribution in [2.75, 3.05) is 6.54 Å². The molecule has 0 spiro atoms. The maximum absolute atomic E-state index is 12.9. The van der Waals surface area contributed by atoms with Crippen LogP contribution in [0.3, 0.4) is 0 Å². The first kappa shape index (κ1) is 19.8. The molecule has 1 amide bonds. The Morgan fingerprint density at radius 3 is 2.83 bits per heavy atom. The van der Waals surface area contributed by atoms with Gasteiger partial charge in [0.15, 0.2) is 0 Å². The van der Waals surface area contributed by atoms with Gasteiger partial charge in [-0.2, -0.15) is 0 Å². The zero-order valence-corrected chi connectivity index (χ0v) is 17.5. The third-order valence-corrected chi connectivity index (χ3v) is 6.78. The first-order valence-electron chi connectivity index (χ1n) is 10.5. The predicted octanol–water partition coefficient (Wildman–Crippen LogP) is 3.87. The van der Waals surface area contributed by atoms with Gasteiger partial charge in [-0.1, -0.05) is 30.3 Å². The Morgan fingerprint density at radius 2 is 1.97 bits per heavy atom. The molecule has 0 aliphatic heterocycles. The molecule has 1 aliphatic rings. The first-order chi connectivity index (χ1) is 14.2. The van der Waals surface area contributed by atoms with Crippen molar-refractivity contribution in [3.63, 3.8) is 0 Å². The third-order valence-electron chi connectivity index (χ3n) is 5.58. The van der Waals surface area contributed by atoms with Crippen LogP contribution in [0.15, 0.2) is 41.5 Å². The standard InChI is InChI=1S/C23H27N3O2S/c27-20(24-14-7-6-10-17-8-2-1-3-9-17)13-15-26-16-25-22-21(23(26)28)18-11-4-5-12-19(18)29-22/h1-3,8-9,16H,4-7,10-15H2,(H,24,27). The van der Waals surface area contributed by atoms with E-state index >= 15 is 0 Å². The minimum Gasteiger partial charge on any atom is -0.356 e. The van der Waals surface area contributed by atoms with Crippen LogP contribution in [0.2, 0.25) is 0 Å². The Morgan fingerprint density at radius 1 is 1.14 bits per heavy atom. The number of fused-ring (bicyclic) bond motifs is 3. The highest BCUT2D eigenvalue weighted by molar-refractivity contribution is 7.18. The molecule has 0 bridgehead atoms. The number of amides is 1. The van der Waals surface area contributed by atoms with Crippen LogP contribution in [-0.4, -0.2) is 22.0 Å². The molecule has 1 aliphatic carbocycles. The van der Waals surface area contributed by atoms with Crippen molar-refractivity contribution in [1.29, 1.82) is 0 Å². The summed E-state index contributed by atoms with van der Waals surface area (Å²) in [6.07, 6.45) is 9.30. The van der Waals surface area contributed by atoms with Crippen LogP contribution >= 0.6 is 11.3 Å². The highest BCUT2D eigenvalue weighted by Crippen LogP contribution is 2.33. The van der Waals surface area contributed by atoms with Crippen molar-refractivity contribution >= 4 is 27.5 Å². The van der Waals surface area contributed by atoms with Crippen LogP contribution in [0.25, 0.3) is 10.2 Å². The molecule has 0 atom stereocenters. The second kappa shape index (κ2) is 9.35. The minimum absolute atomic E-state index is 0.00469. The quantitative estimate of drug-likeness (QED) is 0.575. The number of carbonyl (C=O) groups excluding carboxylic acids is 1. The van der Waals surface area contributed by atoms with Crippen molar-refractivity contribution in [3.8, 4) is 0 Å². The second-order valence-corrected chi connectivity index (χ2v) is 8.76. The molecule has 0 saturated heterocycles. The number of nitrogens with one attached hydrogen (secondary N) is 1. The zero-order valence-electron chi connectivity index (χ0n) is 16.7. The van der Waals surface area contributed by atoms with E-state index in [1.807, 2.05) is 6.07 Å². The van der Waals surface area contributed by atoms with Crippen molar-refractivity contribution in [2.45, 2.75) is 57.9 Å². The number of unbranched alkanes of at least 4 members (excludes halogenated alkanes) is 1. The zero-order chi connectivity index (χ0) is 20.1. The summed E-state index contributed by atoms with van der Waals surface area (Å²) in [5.41, 5.74) is 2.53. The highest BCUT2D eigenvalue weighted by atomic mass is 32.1. The summed E-state index contributed by atoms with van der Waals surface area (Å²) in [5, 5.41) is 3.75. The van der Waals surface area contributed by atoms with Gasteiger partial charge in [0, 0.05) is 24.4 Å². The van der Waals surface area contributed by atoms with Gasteiger partial charge >= 0.3 is 0 Å². The molecule has 3 aromatic rings. The fourth-order valence-corrected chi connectivity index (χ4v) is 5.20. The van der Waals surface area contributed by atoms with Crippen molar-refractivity contribution in [1.82, 2.24) is 14.9 Å². The van der Waals surface area contributed by atoms with Gasteiger partial charge in [-0.15, -0.1) is 11.3 Å². The SMILES string of the molecule is O=C(CCn1cnc2sc3c(c2c1=O)CCCC3)NCCCCc1ccccc1. The van der Waals surface area contributed by atoms with Gasteiger partial charge in [-0.05, 0) is 56.1 Å². The molecule has 1 aromatic carbocycles. The van der Waals surface area contributed by atoms with E-state index in [0.717, 1.165) is 48.7 Å². The third kappa shape index (κ3) is 4.75. The summed E-state index contributed by atoms with van der Waals surface area (Å²) < 4.78 is 1.60. The van der Waals surface area contributed by atoms with Crippen LogP contribution in [0, 0.1) is 0 Å². The fraction of sp³-hybridized carbons (Fsp3) is 0.435. The summed E-state index contributed by atoms with van der Waals surface area (Å²) in [4.78, 5) is 31.7. The van der Waals surface area contributed by atoms with E-state index in [1.165, 1.54) is 22.4 Å². The lowest BCUT2D eigenvalue weighted by molar-refractivity contribution is -0.121. The fourth-order valence-electron chi connectivity index (χ4n) is 3.98. The van der Waals surface area contributed by atoms with Crippen LogP contribution in [0.1, 0.15) is 48.1 Å². The summed E-state index contributed by atoms with van der Waals surface area (Å²) in [6, 6.07) is 10.4. The maximum Gasteiger partial charge on any atom is 0.262 e. The van der Waals surface area contributed by atoms with Crippen molar-refractivity contribution in [3.05, 3.63) is 63.0 Å². The minimum atomic E-state index is -0.0101. The Kier molecular flexibility index (Phi) is 6.39. The van der Waals surface area contributed by atoms with E-state index in [9.17, 15) is 9.59 Å². The average molecular weight is 410 g/mol. The normalized spacial score (nSPS) is 13.4. The smallest absolute Gasteiger partial charge is 0.262 e. The first-order valence-corrected chi connectivity index (χ1v) is 11.3. The van der Waals surface area contributed by atoms with Gasteiger partial charge in [0.05, 0.1) is 11.7 Å². The number of hydrogen-bond acceptors (Lipinski definition) is 4. The molecular weight excluding hydrogens is 382 g/mol. The lowest BCUT2D eigenvalue weighted by Crippen LogP contribution is -2.28. The Labute approximate surface area is 174 Å². The molecule has 6 heteroatoms. The largest absolute Gasteiger partial charge is 0.356 e. The lowest BCUT2D eigenvalue weighted by Gasteiger charge is -2.10. The molecule has 4 rings (SSSR count). The molecule has 0 radical (unpaired) electrons. The number of thiophene rings is 1. The van der Waals surface area contributed by atoms with Gasteiger partial charge in [-0.25, -0.2) is 4.98 Å². The number of benzene rings is 1. The van der Waals surface area contributed by atoms with E-state index < -0.39 is 0 Å². The van der Waals surface area contributed by atoms with Gasteiger partial charge in [-0.3, -0.25) is 14.2 Å². The Hall–Kier alpha value is -2.47. The van der Waals surface area contributed by atoms with Crippen LogP contribution < -0.4 is 10.9 Å². The van der Waals surface area contributed by atoms with Crippen molar-refractivity contribution in [2.24, 2.45) is 0 Å². The molecule has 2 heterocycles. The molecule has 152 valence electrons. The molecule has 2 aromatic heterocycles. The van der Waals surface area contributed by atoms with E-state index in [-0.39, 0.29) is 11.5 Å². The summed E-state index contributed by atoms with van der Waals surface area (Å²) >= 11 is 1.66. The molecular formula is C23H27N3O2S. The summed E-state index contributed by atoms with van der Waals surface area (Å²) in [5.74, 6) is -0.0101. The topological polar surface area (TPSA) is 64.0 Å². The summed E-state index contributed by atoms with van der Waals surface area (Å²) in [7, 11) is 0. The molecule has 0 saturated carbocycles. The van der Waals surface area contributed by atoms with Crippen molar-refractivity contribution < 1.29 is 4.79 Å². The Bertz CT molecular complexity index is 1040. The van der Waals surface area contributed by atoms with Crippen LogP contribution in [0.5, 0.6) is 0 Å². The van der Waals surface area contributed by atoms with Gasteiger partial charge in [0.25, 0.3) is 5.56 Å². The number of aryl methyl sites for hydroxylation is 4. The monoisotopic (exact) mass is 409 g/mol. The van der Waals surface area contributed by atoms with E-state index in [4.69, 9.17) is 0 Å². The molecule has 1 N–H and O–H groups in total. The summed E-state index contributed by atoms with van der Waals surface area (Å²) in [6.45, 7) is 1.05. The average Bonchev–Trinajstić information content (AvgIpc) is 3.13. The maximum atomic E-state index is 12.9. The molecule has 0 fully saturated rings. The second-order valence-electron chi connectivity index (χ2n) is 7.68. The van der Waals surface area contributed by atoms with E-state index in [2.05, 4.69) is 34.6 Å². The molecule has 0 unspecified atom stereocenters. The van der Waals surface area contributed by atoms with Crippen LogP contribution in [0.4, 0.5) is 0 Å². The predicted molar refractivity (Wildman–Crippen MR) is 118 cm³/mol. The van der Waals surface area contributed by atoms with E-state index in [1.54, 1.807) is 22.2 Å². The number of hydrogen-bond donors (Lipinski definition) is 1.